The van der Waals surface area contributed by atoms with E-state index in [0.29, 0.717) is 6.04 Å². The van der Waals surface area contributed by atoms with Crippen LogP contribution < -0.4 is 0 Å². The average molecular weight is 152 g/mol. The maximum atomic E-state index is 4.49. The van der Waals surface area contributed by atoms with Gasteiger partial charge in [0.15, 0.2) is 0 Å². The molecule has 1 atom stereocenters. The monoisotopic (exact) mass is 152 g/mol. The molecule has 0 bridgehead atoms. The van der Waals surface area contributed by atoms with Crippen molar-refractivity contribution in [2.24, 2.45) is 4.99 Å². The lowest BCUT2D eigenvalue weighted by atomic mass is 10.3. The highest BCUT2D eigenvalue weighted by atomic mass is 15.2. The summed E-state index contributed by atoms with van der Waals surface area (Å²) in [6.45, 7) is 8.49. The molecule has 1 unspecified atom stereocenters. The highest BCUT2D eigenvalue weighted by molar-refractivity contribution is 5.94. The van der Waals surface area contributed by atoms with Crippen molar-refractivity contribution < 1.29 is 0 Å². The number of nitrogens with zero attached hydrogens (tertiary/aromatic N) is 2. The first-order valence-electron chi connectivity index (χ1n) is 4.23. The van der Waals surface area contributed by atoms with Gasteiger partial charge in [0, 0.05) is 13.1 Å². The molecular weight excluding hydrogens is 136 g/mol. The Morgan fingerprint density at radius 1 is 1.73 bits per heavy atom. The molecule has 2 heteroatoms. The Morgan fingerprint density at radius 3 is 3.00 bits per heavy atom. The molecule has 1 aliphatic heterocycles. The highest BCUT2D eigenvalue weighted by Gasteiger charge is 2.17. The summed E-state index contributed by atoms with van der Waals surface area (Å²) in [5.74, 6) is 1.14. The Hall–Kier alpha value is -0.790. The quantitative estimate of drug-likeness (QED) is 0.588. The lowest BCUT2D eigenvalue weighted by Gasteiger charge is -2.15. The Morgan fingerprint density at radius 2 is 2.45 bits per heavy atom. The summed E-state index contributed by atoms with van der Waals surface area (Å²) < 4.78 is 0. The van der Waals surface area contributed by atoms with Gasteiger partial charge in [0.1, 0.15) is 5.84 Å². The van der Waals surface area contributed by atoms with Gasteiger partial charge in [-0.05, 0) is 26.8 Å². The topological polar surface area (TPSA) is 15.6 Å². The van der Waals surface area contributed by atoms with Gasteiger partial charge in [-0.3, -0.25) is 4.99 Å². The third kappa shape index (κ3) is 1.82. The summed E-state index contributed by atoms with van der Waals surface area (Å²) in [7, 11) is 0. The van der Waals surface area contributed by atoms with Crippen LogP contribution in [0.1, 0.15) is 20.8 Å². The van der Waals surface area contributed by atoms with Crippen LogP contribution in [-0.4, -0.2) is 29.9 Å². The maximum Gasteiger partial charge on any atom is 0.123 e. The molecule has 62 valence electrons. The number of allylic oxidation sites excluding steroid dienone is 1. The Balaban J connectivity index is 2.65. The minimum atomic E-state index is 0.473. The van der Waals surface area contributed by atoms with E-state index in [2.05, 4.69) is 29.8 Å². The van der Waals surface area contributed by atoms with Crippen molar-refractivity contribution in [3.8, 4) is 0 Å². The molecule has 0 amide bonds. The van der Waals surface area contributed by atoms with E-state index >= 15 is 0 Å². The van der Waals surface area contributed by atoms with Crippen molar-refractivity contribution in [2.75, 3.05) is 13.1 Å². The van der Waals surface area contributed by atoms with Crippen molar-refractivity contribution in [1.29, 1.82) is 0 Å². The number of amidine groups is 1. The second kappa shape index (κ2) is 3.56. The first-order valence-corrected chi connectivity index (χ1v) is 4.23. The second-order valence-corrected chi connectivity index (χ2v) is 2.87. The maximum absolute atomic E-state index is 4.49. The lowest BCUT2D eigenvalue weighted by Crippen LogP contribution is -2.27. The van der Waals surface area contributed by atoms with Gasteiger partial charge in [-0.1, -0.05) is 6.08 Å². The zero-order chi connectivity index (χ0) is 8.27. The molecule has 0 spiro atoms. The summed E-state index contributed by atoms with van der Waals surface area (Å²) in [6.07, 6.45) is 4.12. The molecule has 0 aromatic heterocycles. The highest BCUT2D eigenvalue weighted by Crippen LogP contribution is 2.08. The molecule has 0 saturated heterocycles. The molecule has 0 aliphatic carbocycles. The van der Waals surface area contributed by atoms with Crippen LogP contribution in [0, 0.1) is 0 Å². The van der Waals surface area contributed by atoms with Crippen molar-refractivity contribution in [1.82, 2.24) is 4.90 Å². The van der Waals surface area contributed by atoms with Gasteiger partial charge in [0.2, 0.25) is 0 Å². The first-order chi connectivity index (χ1) is 5.27. The zero-order valence-electron chi connectivity index (χ0n) is 7.54. The Labute approximate surface area is 68.6 Å². The minimum absolute atomic E-state index is 0.473. The molecule has 1 rings (SSSR count). The molecule has 0 fully saturated rings. The van der Waals surface area contributed by atoms with Gasteiger partial charge >= 0.3 is 0 Å². The van der Waals surface area contributed by atoms with Crippen LogP contribution in [0.5, 0.6) is 0 Å². The van der Waals surface area contributed by atoms with E-state index in [1.807, 2.05) is 13.0 Å². The molecule has 0 aromatic rings. The number of hydrogen-bond donors (Lipinski definition) is 0. The average Bonchev–Trinajstić information content (AvgIpc) is 2.32. The molecule has 0 aromatic carbocycles. The molecule has 0 saturated carbocycles. The minimum Gasteiger partial charge on any atom is -0.355 e. The fourth-order valence-corrected chi connectivity index (χ4v) is 1.35. The summed E-state index contributed by atoms with van der Waals surface area (Å²) in [5.41, 5.74) is 0. The molecule has 1 heterocycles. The van der Waals surface area contributed by atoms with E-state index in [0.717, 1.165) is 18.9 Å². The molecule has 11 heavy (non-hydrogen) atoms. The van der Waals surface area contributed by atoms with Crippen LogP contribution in [0.4, 0.5) is 0 Å². The first kappa shape index (κ1) is 8.31. The second-order valence-electron chi connectivity index (χ2n) is 2.87. The smallest absolute Gasteiger partial charge is 0.123 e. The molecule has 1 aliphatic rings. The van der Waals surface area contributed by atoms with Crippen molar-refractivity contribution in [3.63, 3.8) is 0 Å². The molecule has 0 radical (unpaired) electrons. The number of hydrogen-bond acceptors (Lipinski definition) is 2. The normalized spacial score (nSPS) is 24.8. The summed E-state index contributed by atoms with van der Waals surface area (Å²) in [6, 6.07) is 0.473. The van der Waals surface area contributed by atoms with E-state index in [-0.39, 0.29) is 0 Å². The third-order valence-electron chi connectivity index (χ3n) is 1.86. The van der Waals surface area contributed by atoms with Gasteiger partial charge in [-0.25, -0.2) is 0 Å². The summed E-state index contributed by atoms with van der Waals surface area (Å²) in [4.78, 5) is 6.78. The van der Waals surface area contributed by atoms with E-state index in [9.17, 15) is 0 Å². The van der Waals surface area contributed by atoms with Crippen molar-refractivity contribution in [3.05, 3.63) is 12.2 Å². The number of rotatable bonds is 2. The lowest BCUT2D eigenvalue weighted by molar-refractivity contribution is 0.455. The van der Waals surface area contributed by atoms with Crippen LogP contribution in [-0.2, 0) is 0 Å². The van der Waals surface area contributed by atoms with E-state index in [1.165, 1.54) is 0 Å². The zero-order valence-corrected chi connectivity index (χ0v) is 7.54. The molecule has 0 N–H and O–H groups in total. The third-order valence-corrected chi connectivity index (χ3v) is 1.86. The fourth-order valence-electron chi connectivity index (χ4n) is 1.35. The van der Waals surface area contributed by atoms with E-state index in [4.69, 9.17) is 0 Å². The Kier molecular flexibility index (Phi) is 2.69. The molecule has 2 nitrogen and oxygen atoms in total. The standard InChI is InChI=1S/C9H16N2/c1-4-6-9-10-8(3)7-11(9)5-2/h4,6,8H,5,7H2,1-3H3. The van der Waals surface area contributed by atoms with Gasteiger partial charge in [0.25, 0.3) is 0 Å². The van der Waals surface area contributed by atoms with Crippen LogP contribution >= 0.6 is 0 Å². The van der Waals surface area contributed by atoms with Gasteiger partial charge < -0.3 is 4.90 Å². The predicted octanol–water partition coefficient (Wildman–Crippen LogP) is 1.69. The number of aliphatic imine (C=N–C) groups is 1. The van der Waals surface area contributed by atoms with Crippen LogP contribution in [0.15, 0.2) is 17.1 Å². The van der Waals surface area contributed by atoms with Crippen LogP contribution in [0.2, 0.25) is 0 Å². The van der Waals surface area contributed by atoms with Gasteiger partial charge in [-0.15, -0.1) is 0 Å². The van der Waals surface area contributed by atoms with E-state index in [1.54, 1.807) is 0 Å². The largest absolute Gasteiger partial charge is 0.355 e. The van der Waals surface area contributed by atoms with E-state index < -0.39 is 0 Å². The summed E-state index contributed by atoms with van der Waals surface area (Å²) in [5, 5.41) is 0. The summed E-state index contributed by atoms with van der Waals surface area (Å²) >= 11 is 0. The predicted molar refractivity (Wildman–Crippen MR) is 49.0 cm³/mol. The Bertz CT molecular complexity index is 182. The van der Waals surface area contributed by atoms with Crippen LogP contribution in [0.25, 0.3) is 0 Å². The molecular formula is C9H16N2. The van der Waals surface area contributed by atoms with Crippen LogP contribution in [0.3, 0.4) is 0 Å². The number of likely N-dealkylation sites (N-methyl/N-ethyl adjacent to an activating group) is 1. The fraction of sp³-hybridized carbons (Fsp3) is 0.667. The van der Waals surface area contributed by atoms with Gasteiger partial charge in [-0.2, -0.15) is 0 Å². The van der Waals surface area contributed by atoms with Crippen molar-refractivity contribution in [2.45, 2.75) is 26.8 Å². The van der Waals surface area contributed by atoms with Gasteiger partial charge in [0.05, 0.1) is 6.04 Å². The van der Waals surface area contributed by atoms with Crippen molar-refractivity contribution >= 4 is 5.84 Å². The SMILES string of the molecule is CC=CC1=NC(C)CN1CC.